The maximum Gasteiger partial charge on any atom is 0.256 e. The average Bonchev–Trinajstić information content (AvgIpc) is 2.47. The van der Waals surface area contributed by atoms with Gasteiger partial charge in [0, 0.05) is 19.1 Å². The van der Waals surface area contributed by atoms with Crippen molar-refractivity contribution in [1.29, 1.82) is 0 Å². The average molecular weight is 278 g/mol. The van der Waals surface area contributed by atoms with Crippen molar-refractivity contribution in [2.45, 2.75) is 39.2 Å². The Morgan fingerprint density at radius 3 is 2.75 bits per heavy atom. The van der Waals surface area contributed by atoms with Gasteiger partial charge in [0.05, 0.1) is 5.56 Å². The Bertz CT molecular complexity index is 468. The third-order valence-corrected chi connectivity index (χ3v) is 3.82. The first-order valence-electron chi connectivity index (χ1n) is 7.40. The molecule has 3 nitrogen and oxygen atoms in total. The molecular formula is C16H23FN2O. The van der Waals surface area contributed by atoms with Gasteiger partial charge in [-0.15, -0.1) is 0 Å². The summed E-state index contributed by atoms with van der Waals surface area (Å²) in [6, 6.07) is 5.19. The Morgan fingerprint density at radius 2 is 2.10 bits per heavy atom. The first-order chi connectivity index (χ1) is 9.61. The van der Waals surface area contributed by atoms with E-state index in [1.54, 1.807) is 17.0 Å². The predicted octanol–water partition coefficient (Wildman–Crippen LogP) is 2.74. The maximum absolute atomic E-state index is 13.8. The first-order valence-corrected chi connectivity index (χ1v) is 7.40. The normalized spacial score (nSPS) is 16.4. The lowest BCUT2D eigenvalue weighted by Crippen LogP contribution is -2.45. The molecule has 1 N–H and O–H groups in total. The quantitative estimate of drug-likeness (QED) is 0.918. The van der Waals surface area contributed by atoms with Crippen molar-refractivity contribution >= 4 is 5.91 Å². The number of amides is 1. The molecular weight excluding hydrogens is 255 g/mol. The first kappa shape index (κ1) is 15.0. The van der Waals surface area contributed by atoms with Crippen molar-refractivity contribution in [2.75, 3.05) is 19.6 Å². The number of likely N-dealkylation sites (tertiary alicyclic amines) is 1. The van der Waals surface area contributed by atoms with Crippen molar-refractivity contribution in [3.8, 4) is 0 Å². The molecule has 1 heterocycles. The van der Waals surface area contributed by atoms with Gasteiger partial charge < -0.3 is 10.2 Å². The molecule has 1 fully saturated rings. The smallest absolute Gasteiger partial charge is 0.256 e. The molecule has 0 atom stereocenters. The number of hydrogen-bond acceptors (Lipinski definition) is 2. The molecule has 20 heavy (non-hydrogen) atoms. The lowest BCUT2D eigenvalue weighted by atomic mass is 10.0. The minimum absolute atomic E-state index is 0.180. The summed E-state index contributed by atoms with van der Waals surface area (Å²) in [6.07, 6.45) is 3.01. The molecule has 110 valence electrons. The Balaban J connectivity index is 1.96. The van der Waals surface area contributed by atoms with Crippen LogP contribution in [0.5, 0.6) is 0 Å². The number of carbonyl (C=O) groups excluding carboxylic acids is 1. The fourth-order valence-corrected chi connectivity index (χ4v) is 2.61. The fraction of sp³-hybridized carbons (Fsp3) is 0.562. The largest absolute Gasteiger partial charge is 0.338 e. The molecule has 1 aromatic carbocycles. The number of halogens is 1. The number of nitrogens with zero attached hydrogens (tertiary/aromatic N) is 1. The second-order valence-corrected chi connectivity index (χ2v) is 5.50. The van der Waals surface area contributed by atoms with Crippen LogP contribution in [0.15, 0.2) is 18.2 Å². The second-order valence-electron chi connectivity index (χ2n) is 5.50. The number of rotatable bonds is 4. The summed E-state index contributed by atoms with van der Waals surface area (Å²) in [5.41, 5.74) is 1.11. The molecule has 0 spiro atoms. The molecule has 1 aliphatic heterocycles. The Hall–Kier alpha value is -1.42. The van der Waals surface area contributed by atoms with Crippen LogP contribution < -0.4 is 5.32 Å². The van der Waals surface area contributed by atoms with Crippen LogP contribution >= 0.6 is 0 Å². The summed E-state index contributed by atoms with van der Waals surface area (Å²) in [5, 5.41) is 3.48. The molecule has 1 aromatic rings. The van der Waals surface area contributed by atoms with Crippen LogP contribution in [0, 0.1) is 12.7 Å². The van der Waals surface area contributed by atoms with E-state index in [0.29, 0.717) is 19.1 Å². The van der Waals surface area contributed by atoms with E-state index in [1.807, 2.05) is 6.92 Å². The van der Waals surface area contributed by atoms with E-state index >= 15 is 0 Å². The van der Waals surface area contributed by atoms with Gasteiger partial charge >= 0.3 is 0 Å². The third-order valence-electron chi connectivity index (χ3n) is 3.82. The zero-order valence-electron chi connectivity index (χ0n) is 12.3. The molecule has 1 amide bonds. The SMILES string of the molecule is CCCNC1CCN(C(=O)c2cc(C)ccc2F)CC1. The van der Waals surface area contributed by atoms with E-state index in [9.17, 15) is 9.18 Å². The van der Waals surface area contributed by atoms with Gasteiger partial charge in [0.1, 0.15) is 5.82 Å². The topological polar surface area (TPSA) is 32.3 Å². The molecule has 0 aromatic heterocycles. The highest BCUT2D eigenvalue weighted by Crippen LogP contribution is 2.17. The monoisotopic (exact) mass is 278 g/mol. The standard InChI is InChI=1S/C16H23FN2O/c1-3-8-18-13-6-9-19(10-7-13)16(20)14-11-12(2)4-5-15(14)17/h4-5,11,13,18H,3,6-10H2,1-2H3. The van der Waals surface area contributed by atoms with E-state index in [2.05, 4.69) is 12.2 Å². The lowest BCUT2D eigenvalue weighted by molar-refractivity contribution is 0.0700. The molecule has 1 saturated heterocycles. The summed E-state index contributed by atoms with van der Waals surface area (Å²) in [5.74, 6) is -0.605. The van der Waals surface area contributed by atoms with E-state index in [4.69, 9.17) is 0 Å². The predicted molar refractivity (Wildman–Crippen MR) is 78.4 cm³/mol. The lowest BCUT2D eigenvalue weighted by Gasteiger charge is -2.32. The fourth-order valence-electron chi connectivity index (χ4n) is 2.61. The number of hydrogen-bond donors (Lipinski definition) is 1. The number of benzene rings is 1. The zero-order chi connectivity index (χ0) is 14.5. The van der Waals surface area contributed by atoms with Gasteiger partial charge in [-0.25, -0.2) is 4.39 Å². The van der Waals surface area contributed by atoms with Gasteiger partial charge in [-0.05, 0) is 44.9 Å². The number of piperidine rings is 1. The Labute approximate surface area is 120 Å². The van der Waals surface area contributed by atoms with Crippen LogP contribution in [0.2, 0.25) is 0 Å². The molecule has 1 aliphatic rings. The molecule has 2 rings (SSSR count). The highest BCUT2D eigenvalue weighted by atomic mass is 19.1. The molecule has 4 heteroatoms. The number of carbonyl (C=O) groups is 1. The van der Waals surface area contributed by atoms with Crippen LogP contribution in [-0.2, 0) is 0 Å². The van der Waals surface area contributed by atoms with Crippen molar-refractivity contribution in [3.05, 3.63) is 35.1 Å². The summed E-state index contributed by atoms with van der Waals surface area (Å²) in [6.45, 7) is 6.44. The molecule has 0 aliphatic carbocycles. The van der Waals surface area contributed by atoms with Crippen molar-refractivity contribution in [3.63, 3.8) is 0 Å². The van der Waals surface area contributed by atoms with E-state index in [0.717, 1.165) is 31.4 Å². The van der Waals surface area contributed by atoms with Gasteiger partial charge in [0.25, 0.3) is 5.91 Å². The van der Waals surface area contributed by atoms with Crippen LogP contribution in [0.25, 0.3) is 0 Å². The van der Waals surface area contributed by atoms with Crippen LogP contribution in [0.3, 0.4) is 0 Å². The Morgan fingerprint density at radius 1 is 1.40 bits per heavy atom. The van der Waals surface area contributed by atoms with Crippen LogP contribution in [-0.4, -0.2) is 36.5 Å². The van der Waals surface area contributed by atoms with Gasteiger partial charge in [0.2, 0.25) is 0 Å². The molecule has 0 radical (unpaired) electrons. The number of aryl methyl sites for hydroxylation is 1. The highest BCUT2D eigenvalue weighted by Gasteiger charge is 2.24. The highest BCUT2D eigenvalue weighted by molar-refractivity contribution is 5.94. The minimum Gasteiger partial charge on any atom is -0.338 e. The van der Waals surface area contributed by atoms with Crippen molar-refractivity contribution < 1.29 is 9.18 Å². The zero-order valence-corrected chi connectivity index (χ0v) is 12.3. The van der Waals surface area contributed by atoms with E-state index < -0.39 is 5.82 Å². The minimum atomic E-state index is -0.424. The third kappa shape index (κ3) is 3.57. The molecule has 0 unspecified atom stereocenters. The second kappa shape index (κ2) is 6.84. The van der Waals surface area contributed by atoms with Crippen LogP contribution in [0.4, 0.5) is 4.39 Å². The van der Waals surface area contributed by atoms with Gasteiger partial charge in [0.15, 0.2) is 0 Å². The number of nitrogens with one attached hydrogen (secondary N) is 1. The van der Waals surface area contributed by atoms with Gasteiger partial charge in [-0.3, -0.25) is 4.79 Å². The summed E-state index contributed by atoms with van der Waals surface area (Å²) >= 11 is 0. The summed E-state index contributed by atoms with van der Waals surface area (Å²) in [7, 11) is 0. The van der Waals surface area contributed by atoms with Crippen LogP contribution in [0.1, 0.15) is 42.1 Å². The van der Waals surface area contributed by atoms with E-state index in [-0.39, 0.29) is 11.5 Å². The van der Waals surface area contributed by atoms with E-state index in [1.165, 1.54) is 6.07 Å². The van der Waals surface area contributed by atoms with Crippen molar-refractivity contribution in [1.82, 2.24) is 10.2 Å². The molecule has 0 saturated carbocycles. The maximum atomic E-state index is 13.8. The summed E-state index contributed by atoms with van der Waals surface area (Å²) < 4.78 is 13.8. The van der Waals surface area contributed by atoms with Gasteiger partial charge in [-0.1, -0.05) is 18.6 Å². The van der Waals surface area contributed by atoms with Gasteiger partial charge in [-0.2, -0.15) is 0 Å². The van der Waals surface area contributed by atoms with Crippen molar-refractivity contribution in [2.24, 2.45) is 0 Å². The molecule has 0 bridgehead atoms. The summed E-state index contributed by atoms with van der Waals surface area (Å²) in [4.78, 5) is 14.1. The Kier molecular flexibility index (Phi) is 5.12.